The number of nitrogens with one attached hydrogen (secondary N) is 1. The van der Waals surface area contributed by atoms with Crippen molar-refractivity contribution in [1.29, 1.82) is 0 Å². The van der Waals surface area contributed by atoms with Crippen LogP contribution in [0.4, 0.5) is 0 Å². The van der Waals surface area contributed by atoms with E-state index in [9.17, 15) is 0 Å². The van der Waals surface area contributed by atoms with Crippen molar-refractivity contribution >= 4 is 33.8 Å². The molecule has 0 radical (unpaired) electrons. The molecule has 0 saturated heterocycles. The Kier molecular flexibility index (Phi) is 3.05. The van der Waals surface area contributed by atoms with Crippen LogP contribution in [0.3, 0.4) is 0 Å². The average molecular weight is 271 g/mol. The van der Waals surface area contributed by atoms with Crippen molar-refractivity contribution < 1.29 is 4.74 Å². The van der Waals surface area contributed by atoms with Crippen LogP contribution in [0.2, 0.25) is 0 Å². The predicted octanol–water partition coefficient (Wildman–Crippen LogP) is 2.16. The maximum atomic E-state index is 5.70. The number of thiocarbonyl (C=S) groups is 1. The highest BCUT2D eigenvalue weighted by molar-refractivity contribution is 7.80. The van der Waals surface area contributed by atoms with Crippen LogP contribution >= 0.6 is 12.2 Å². The molecule has 0 amide bonds. The van der Waals surface area contributed by atoms with Crippen molar-refractivity contribution in [3.8, 4) is 5.75 Å². The Bertz CT molecular complexity index is 681. The number of hydrogen-bond acceptors (Lipinski definition) is 3. The summed E-state index contributed by atoms with van der Waals surface area (Å²) < 4.78 is 5.70. The summed E-state index contributed by atoms with van der Waals surface area (Å²) in [5, 5.41) is 6.75. The molecular weight excluding hydrogens is 258 g/mol. The number of rotatable bonds is 1. The second kappa shape index (κ2) is 4.85. The van der Waals surface area contributed by atoms with Gasteiger partial charge in [-0.2, -0.15) is 5.10 Å². The fourth-order valence-corrected chi connectivity index (χ4v) is 2.33. The number of fused-ring (bicyclic) bond motifs is 3. The molecule has 0 aliphatic carbocycles. The van der Waals surface area contributed by atoms with Crippen molar-refractivity contribution in [1.82, 2.24) is 5.43 Å². The zero-order valence-electron chi connectivity index (χ0n) is 10.2. The highest BCUT2D eigenvalue weighted by Crippen LogP contribution is 2.32. The Morgan fingerprint density at radius 1 is 1.26 bits per heavy atom. The molecule has 1 aliphatic rings. The normalized spacial score (nSPS) is 15.9. The van der Waals surface area contributed by atoms with Gasteiger partial charge >= 0.3 is 0 Å². The second-order valence-corrected chi connectivity index (χ2v) is 4.73. The number of hydrogen-bond donors (Lipinski definition) is 2. The molecule has 3 N–H and O–H groups in total. The summed E-state index contributed by atoms with van der Waals surface area (Å²) in [5.41, 5.74) is 10.0. The van der Waals surface area contributed by atoms with Crippen LogP contribution < -0.4 is 15.9 Å². The molecule has 0 unspecified atom stereocenters. The molecule has 2 aromatic rings. The van der Waals surface area contributed by atoms with Gasteiger partial charge in [-0.3, -0.25) is 5.43 Å². The quantitative estimate of drug-likeness (QED) is 0.616. The van der Waals surface area contributed by atoms with E-state index in [0.717, 1.165) is 34.2 Å². The van der Waals surface area contributed by atoms with Crippen molar-refractivity contribution in [3.63, 3.8) is 0 Å². The molecule has 2 aromatic carbocycles. The molecule has 19 heavy (non-hydrogen) atoms. The van der Waals surface area contributed by atoms with E-state index >= 15 is 0 Å². The second-order valence-electron chi connectivity index (χ2n) is 4.29. The van der Waals surface area contributed by atoms with E-state index in [2.05, 4.69) is 28.7 Å². The fraction of sp³-hybridized carbons (Fsp3) is 0.143. The van der Waals surface area contributed by atoms with E-state index in [1.54, 1.807) is 0 Å². The molecule has 0 saturated carbocycles. The fourth-order valence-electron chi connectivity index (χ4n) is 2.29. The lowest BCUT2D eigenvalue weighted by molar-refractivity contribution is 0.321. The molecule has 1 heterocycles. The molecule has 3 rings (SSSR count). The van der Waals surface area contributed by atoms with Gasteiger partial charge < -0.3 is 10.5 Å². The molecule has 96 valence electrons. The molecule has 0 fully saturated rings. The summed E-state index contributed by atoms with van der Waals surface area (Å²) in [6, 6.07) is 12.2. The minimum atomic E-state index is 0.167. The van der Waals surface area contributed by atoms with Crippen LogP contribution in [0, 0.1) is 0 Å². The summed E-state index contributed by atoms with van der Waals surface area (Å²) in [5.74, 6) is 0.855. The van der Waals surface area contributed by atoms with Gasteiger partial charge in [-0.15, -0.1) is 0 Å². The first kappa shape index (κ1) is 11.9. The molecule has 4 nitrogen and oxygen atoms in total. The van der Waals surface area contributed by atoms with Crippen LogP contribution in [0.1, 0.15) is 12.0 Å². The zero-order valence-corrected chi connectivity index (χ0v) is 11.0. The first-order chi connectivity index (χ1) is 9.25. The van der Waals surface area contributed by atoms with Gasteiger partial charge in [0.25, 0.3) is 0 Å². The molecule has 0 bridgehead atoms. The van der Waals surface area contributed by atoms with Crippen LogP contribution in [0.25, 0.3) is 10.8 Å². The van der Waals surface area contributed by atoms with E-state index in [1.807, 2.05) is 18.2 Å². The van der Waals surface area contributed by atoms with Crippen LogP contribution in [-0.2, 0) is 0 Å². The van der Waals surface area contributed by atoms with Gasteiger partial charge in [0.15, 0.2) is 5.11 Å². The van der Waals surface area contributed by atoms with Gasteiger partial charge in [0, 0.05) is 12.0 Å². The minimum Gasteiger partial charge on any atom is -0.492 e. The molecule has 0 spiro atoms. The van der Waals surface area contributed by atoms with E-state index in [0.29, 0.717) is 6.61 Å². The van der Waals surface area contributed by atoms with Gasteiger partial charge in [-0.1, -0.05) is 30.3 Å². The van der Waals surface area contributed by atoms with E-state index < -0.39 is 0 Å². The molecular formula is C14H13N3OS. The van der Waals surface area contributed by atoms with Gasteiger partial charge in [0.1, 0.15) is 5.75 Å². The number of nitrogens with zero attached hydrogens (tertiary/aromatic N) is 1. The number of hydrazone groups is 1. The van der Waals surface area contributed by atoms with E-state index in [4.69, 9.17) is 22.7 Å². The lowest BCUT2D eigenvalue weighted by Gasteiger charge is -2.20. The van der Waals surface area contributed by atoms with Gasteiger partial charge in [-0.25, -0.2) is 0 Å². The Balaban J connectivity index is 2.18. The summed E-state index contributed by atoms with van der Waals surface area (Å²) >= 11 is 4.79. The monoisotopic (exact) mass is 271 g/mol. The molecule has 1 aliphatic heterocycles. The van der Waals surface area contributed by atoms with Crippen LogP contribution in [-0.4, -0.2) is 17.4 Å². The maximum absolute atomic E-state index is 5.70. The van der Waals surface area contributed by atoms with E-state index in [-0.39, 0.29) is 5.11 Å². The Morgan fingerprint density at radius 3 is 2.95 bits per heavy atom. The standard InChI is InChI=1S/C14H13N3OS/c15-14(19)17-16-11-7-8-18-12-6-5-9-3-1-2-4-10(9)13(11)12/h1-6H,7-8H2,(H3,15,17,19). The van der Waals surface area contributed by atoms with Gasteiger partial charge in [-0.05, 0) is 29.1 Å². The van der Waals surface area contributed by atoms with Crippen molar-refractivity contribution in [2.24, 2.45) is 10.8 Å². The van der Waals surface area contributed by atoms with Gasteiger partial charge in [0.05, 0.1) is 12.3 Å². The number of benzene rings is 2. The Labute approximate surface area is 116 Å². The minimum absolute atomic E-state index is 0.167. The summed E-state index contributed by atoms with van der Waals surface area (Å²) in [7, 11) is 0. The molecule has 0 aromatic heterocycles. The third-order valence-corrected chi connectivity index (χ3v) is 3.17. The van der Waals surface area contributed by atoms with Crippen molar-refractivity contribution in [2.45, 2.75) is 6.42 Å². The lowest BCUT2D eigenvalue weighted by Crippen LogP contribution is -2.27. The lowest BCUT2D eigenvalue weighted by atomic mass is 9.97. The SMILES string of the molecule is NC(=S)NN=C1CCOc2ccc3ccccc3c21. The summed E-state index contributed by atoms with van der Waals surface area (Å²) in [4.78, 5) is 0. The first-order valence-electron chi connectivity index (χ1n) is 6.02. The van der Waals surface area contributed by atoms with Gasteiger partial charge in [0.2, 0.25) is 0 Å². The maximum Gasteiger partial charge on any atom is 0.184 e. The summed E-state index contributed by atoms with van der Waals surface area (Å²) in [6.45, 7) is 0.614. The topological polar surface area (TPSA) is 59.6 Å². The third kappa shape index (κ3) is 2.24. The van der Waals surface area contributed by atoms with Crippen molar-refractivity contribution in [2.75, 3.05) is 6.61 Å². The highest BCUT2D eigenvalue weighted by atomic mass is 32.1. The summed E-state index contributed by atoms with van der Waals surface area (Å²) in [6.07, 6.45) is 0.733. The van der Waals surface area contributed by atoms with Crippen LogP contribution in [0.5, 0.6) is 5.75 Å². The third-order valence-electron chi connectivity index (χ3n) is 3.08. The average Bonchev–Trinajstić information content (AvgIpc) is 2.44. The molecule has 5 heteroatoms. The smallest absolute Gasteiger partial charge is 0.184 e. The first-order valence-corrected chi connectivity index (χ1v) is 6.43. The largest absolute Gasteiger partial charge is 0.492 e. The van der Waals surface area contributed by atoms with Crippen LogP contribution in [0.15, 0.2) is 41.5 Å². The Hall–Kier alpha value is -2.14. The highest BCUT2D eigenvalue weighted by Gasteiger charge is 2.19. The molecule has 0 atom stereocenters. The zero-order chi connectivity index (χ0) is 13.2. The van der Waals surface area contributed by atoms with E-state index in [1.165, 1.54) is 0 Å². The van der Waals surface area contributed by atoms with Crippen molar-refractivity contribution in [3.05, 3.63) is 42.0 Å². The number of nitrogens with two attached hydrogens (primary N) is 1. The number of ether oxygens (including phenoxy) is 1. The Morgan fingerprint density at radius 2 is 2.11 bits per heavy atom. The predicted molar refractivity (Wildman–Crippen MR) is 80.5 cm³/mol.